The van der Waals surface area contributed by atoms with E-state index in [1.165, 1.54) is 25.7 Å². The van der Waals surface area contributed by atoms with Gasteiger partial charge in [-0.15, -0.1) is 11.3 Å². The fraction of sp³-hybridized carbons (Fsp3) is 0.250. The van der Waals surface area contributed by atoms with Crippen LogP contribution in [0.4, 0.5) is 0 Å². The van der Waals surface area contributed by atoms with Gasteiger partial charge in [-0.1, -0.05) is 38.1 Å². The molecule has 0 aliphatic heterocycles. The van der Waals surface area contributed by atoms with Gasteiger partial charge in [-0.3, -0.25) is 0 Å². The lowest BCUT2D eigenvalue weighted by Gasteiger charge is -2.07. The number of hydrogen-bond acceptors (Lipinski definition) is 1. The highest BCUT2D eigenvalue weighted by atomic mass is 32.1. The molecule has 86 valence electrons. The highest BCUT2D eigenvalue weighted by molar-refractivity contribution is 7.25. The number of thiophene rings is 1. The van der Waals surface area contributed by atoms with Gasteiger partial charge in [-0.05, 0) is 36.1 Å². The van der Waals surface area contributed by atoms with Crippen LogP contribution in [0.1, 0.15) is 25.0 Å². The van der Waals surface area contributed by atoms with Gasteiger partial charge in [0.25, 0.3) is 0 Å². The maximum Gasteiger partial charge on any atom is 0.0358 e. The van der Waals surface area contributed by atoms with Gasteiger partial charge >= 0.3 is 0 Å². The van der Waals surface area contributed by atoms with Crippen LogP contribution in [0.15, 0.2) is 36.4 Å². The van der Waals surface area contributed by atoms with E-state index in [1.807, 2.05) is 11.3 Å². The lowest BCUT2D eigenvalue weighted by atomic mass is 9.97. The Morgan fingerprint density at radius 2 is 1.71 bits per heavy atom. The fourth-order valence-corrected chi connectivity index (χ4v) is 3.80. The van der Waals surface area contributed by atoms with Crippen LogP contribution in [0.25, 0.3) is 20.2 Å². The van der Waals surface area contributed by atoms with Crippen LogP contribution in [0.5, 0.6) is 0 Å². The quantitative estimate of drug-likeness (QED) is 0.579. The van der Waals surface area contributed by atoms with Crippen molar-refractivity contribution >= 4 is 31.5 Å². The van der Waals surface area contributed by atoms with Crippen molar-refractivity contribution in [1.29, 1.82) is 0 Å². The Balaban J connectivity index is 2.51. The summed E-state index contributed by atoms with van der Waals surface area (Å²) in [4.78, 5) is 0. The Morgan fingerprint density at radius 1 is 0.882 bits per heavy atom. The van der Waals surface area contributed by atoms with Crippen LogP contribution in [-0.2, 0) is 12.8 Å². The number of aryl methyl sites for hydroxylation is 2. The Hall–Kier alpha value is -1.34. The normalized spacial score (nSPS) is 11.4. The molecule has 3 rings (SSSR count). The van der Waals surface area contributed by atoms with E-state index in [1.54, 1.807) is 5.56 Å². The zero-order chi connectivity index (χ0) is 11.8. The molecule has 0 atom stereocenters. The minimum Gasteiger partial charge on any atom is -0.135 e. The van der Waals surface area contributed by atoms with E-state index in [-0.39, 0.29) is 0 Å². The average molecular weight is 240 g/mol. The van der Waals surface area contributed by atoms with Gasteiger partial charge in [0.15, 0.2) is 0 Å². The Morgan fingerprint density at radius 3 is 2.47 bits per heavy atom. The van der Waals surface area contributed by atoms with Crippen molar-refractivity contribution < 1.29 is 0 Å². The van der Waals surface area contributed by atoms with Gasteiger partial charge in [0.1, 0.15) is 0 Å². The number of rotatable bonds is 2. The molecule has 0 aliphatic carbocycles. The lowest BCUT2D eigenvalue weighted by molar-refractivity contribution is 1.05. The molecule has 0 nitrogen and oxygen atoms in total. The van der Waals surface area contributed by atoms with Crippen LogP contribution in [-0.4, -0.2) is 0 Å². The molecule has 2 aromatic carbocycles. The SMILES string of the molecule is CCc1ccc2sc3ccccc3c2c1CC. The first kappa shape index (κ1) is 10.8. The van der Waals surface area contributed by atoms with Gasteiger partial charge in [-0.25, -0.2) is 0 Å². The van der Waals surface area contributed by atoms with Gasteiger partial charge in [0.05, 0.1) is 0 Å². The van der Waals surface area contributed by atoms with E-state index < -0.39 is 0 Å². The van der Waals surface area contributed by atoms with Crippen LogP contribution >= 0.6 is 11.3 Å². The van der Waals surface area contributed by atoms with E-state index in [4.69, 9.17) is 0 Å². The molecule has 0 radical (unpaired) electrons. The summed E-state index contributed by atoms with van der Waals surface area (Å²) in [6.45, 7) is 4.51. The van der Waals surface area contributed by atoms with Crippen molar-refractivity contribution in [3.8, 4) is 0 Å². The van der Waals surface area contributed by atoms with E-state index in [2.05, 4.69) is 50.2 Å². The highest BCUT2D eigenvalue weighted by Gasteiger charge is 2.10. The van der Waals surface area contributed by atoms with Crippen molar-refractivity contribution in [1.82, 2.24) is 0 Å². The predicted octanol–water partition coefficient (Wildman–Crippen LogP) is 5.18. The first-order valence-corrected chi connectivity index (χ1v) is 7.08. The highest BCUT2D eigenvalue weighted by Crippen LogP contribution is 2.37. The average Bonchev–Trinajstić information content (AvgIpc) is 2.76. The molecular weight excluding hydrogens is 224 g/mol. The maximum absolute atomic E-state index is 2.30. The fourth-order valence-electron chi connectivity index (χ4n) is 2.67. The minimum atomic E-state index is 1.13. The zero-order valence-corrected chi connectivity index (χ0v) is 11.1. The molecule has 3 aromatic rings. The largest absolute Gasteiger partial charge is 0.135 e. The molecule has 0 amide bonds. The van der Waals surface area contributed by atoms with Crippen LogP contribution in [0.3, 0.4) is 0 Å². The molecule has 0 saturated carbocycles. The number of benzene rings is 2. The molecule has 0 bridgehead atoms. The molecule has 0 fully saturated rings. The van der Waals surface area contributed by atoms with E-state index in [0.717, 1.165) is 12.8 Å². The predicted molar refractivity (Wildman–Crippen MR) is 78.1 cm³/mol. The Bertz CT molecular complexity index is 676. The van der Waals surface area contributed by atoms with Gasteiger partial charge < -0.3 is 0 Å². The van der Waals surface area contributed by atoms with Crippen molar-refractivity contribution in [2.75, 3.05) is 0 Å². The summed E-state index contributed by atoms with van der Waals surface area (Å²) in [5.74, 6) is 0. The summed E-state index contributed by atoms with van der Waals surface area (Å²) < 4.78 is 2.84. The van der Waals surface area contributed by atoms with Crippen molar-refractivity contribution in [3.63, 3.8) is 0 Å². The second-order valence-corrected chi connectivity index (χ2v) is 5.47. The molecule has 1 heterocycles. The van der Waals surface area contributed by atoms with Crippen LogP contribution in [0.2, 0.25) is 0 Å². The summed E-state index contributed by atoms with van der Waals surface area (Å²) in [5, 5.41) is 2.92. The third kappa shape index (κ3) is 1.57. The van der Waals surface area contributed by atoms with Gasteiger partial charge in [0.2, 0.25) is 0 Å². The second-order valence-electron chi connectivity index (χ2n) is 4.38. The van der Waals surface area contributed by atoms with E-state index in [0.29, 0.717) is 0 Å². The maximum atomic E-state index is 2.30. The number of fused-ring (bicyclic) bond motifs is 3. The summed E-state index contributed by atoms with van der Waals surface area (Å²) >= 11 is 1.91. The van der Waals surface area contributed by atoms with Crippen LogP contribution in [0, 0.1) is 0 Å². The van der Waals surface area contributed by atoms with Crippen molar-refractivity contribution in [2.24, 2.45) is 0 Å². The van der Waals surface area contributed by atoms with Crippen molar-refractivity contribution in [2.45, 2.75) is 26.7 Å². The Kier molecular flexibility index (Phi) is 2.64. The molecule has 0 N–H and O–H groups in total. The topological polar surface area (TPSA) is 0 Å². The molecule has 0 saturated heterocycles. The molecule has 1 aromatic heterocycles. The first-order valence-electron chi connectivity index (χ1n) is 6.27. The summed E-state index contributed by atoms with van der Waals surface area (Å²) in [6.07, 6.45) is 2.25. The van der Waals surface area contributed by atoms with E-state index >= 15 is 0 Å². The Labute approximate surface area is 106 Å². The standard InChI is InChI=1S/C16H16S/c1-3-11-9-10-15-16(12(11)4-2)13-7-5-6-8-14(13)17-15/h5-10H,3-4H2,1-2H3. The summed E-state index contributed by atoms with van der Waals surface area (Å²) in [7, 11) is 0. The molecule has 17 heavy (non-hydrogen) atoms. The molecule has 0 spiro atoms. The first-order chi connectivity index (χ1) is 8.35. The van der Waals surface area contributed by atoms with Gasteiger partial charge in [0, 0.05) is 20.2 Å². The lowest BCUT2D eigenvalue weighted by Crippen LogP contribution is -1.91. The van der Waals surface area contributed by atoms with Crippen LogP contribution < -0.4 is 0 Å². The van der Waals surface area contributed by atoms with Gasteiger partial charge in [-0.2, -0.15) is 0 Å². The molecular formula is C16H16S. The smallest absolute Gasteiger partial charge is 0.0358 e. The number of hydrogen-bond donors (Lipinski definition) is 0. The molecule has 1 heteroatoms. The second kappa shape index (κ2) is 4.15. The van der Waals surface area contributed by atoms with Crippen molar-refractivity contribution in [3.05, 3.63) is 47.5 Å². The minimum absolute atomic E-state index is 1.13. The zero-order valence-electron chi connectivity index (χ0n) is 10.3. The summed E-state index contributed by atoms with van der Waals surface area (Å²) in [5.41, 5.74) is 3.05. The third-order valence-corrected chi connectivity index (χ3v) is 4.62. The summed E-state index contributed by atoms with van der Waals surface area (Å²) in [6, 6.07) is 13.4. The monoisotopic (exact) mass is 240 g/mol. The molecule has 0 unspecified atom stereocenters. The molecule has 0 aliphatic rings. The van der Waals surface area contributed by atoms with E-state index in [9.17, 15) is 0 Å². The third-order valence-electron chi connectivity index (χ3n) is 3.48.